The third kappa shape index (κ3) is 6.87. The first-order valence-electron chi connectivity index (χ1n) is 8.17. The number of nitrogens with one attached hydrogen (secondary N) is 1. The number of halogens is 1. The van der Waals surface area contributed by atoms with Crippen LogP contribution < -0.4 is 5.32 Å². The molecule has 1 aliphatic heterocycles. The summed E-state index contributed by atoms with van der Waals surface area (Å²) in [4.78, 5) is 16.4. The van der Waals surface area contributed by atoms with Crippen molar-refractivity contribution >= 4 is 17.5 Å². The van der Waals surface area contributed by atoms with Crippen LogP contribution in [0.4, 0.5) is 0 Å². The molecule has 0 aromatic heterocycles. The van der Waals surface area contributed by atoms with E-state index in [0.717, 1.165) is 37.6 Å². The van der Waals surface area contributed by atoms with Gasteiger partial charge >= 0.3 is 0 Å². The highest BCUT2D eigenvalue weighted by atomic mass is 35.5. The molecule has 0 bridgehead atoms. The lowest BCUT2D eigenvalue weighted by molar-refractivity contribution is -0.122. The number of piperazine rings is 1. The lowest BCUT2D eigenvalue weighted by atomic mass is 10.1. The van der Waals surface area contributed by atoms with Crippen LogP contribution in [0.5, 0.6) is 0 Å². The SMILES string of the molecule is C[C@H](O)CN1CCN(CC(=O)NCCc2ccc(Cl)cc2)CC1. The summed E-state index contributed by atoms with van der Waals surface area (Å²) < 4.78 is 0. The molecule has 1 amide bonds. The summed E-state index contributed by atoms with van der Waals surface area (Å²) in [7, 11) is 0. The summed E-state index contributed by atoms with van der Waals surface area (Å²) in [5.74, 6) is 0.0722. The number of β-amino-alcohol motifs (C(OH)–C–C–N with tert-alkyl or cyclic N) is 1. The normalized spacial score (nSPS) is 17.9. The van der Waals surface area contributed by atoms with Crippen LogP contribution in [0, 0.1) is 0 Å². The van der Waals surface area contributed by atoms with Crippen LogP contribution >= 0.6 is 11.6 Å². The van der Waals surface area contributed by atoms with E-state index in [1.165, 1.54) is 5.56 Å². The van der Waals surface area contributed by atoms with E-state index in [0.29, 0.717) is 19.6 Å². The fourth-order valence-corrected chi connectivity index (χ4v) is 2.89. The Hall–Kier alpha value is -1.14. The molecule has 2 rings (SSSR count). The van der Waals surface area contributed by atoms with Gasteiger partial charge in [-0.3, -0.25) is 14.6 Å². The van der Waals surface area contributed by atoms with Crippen LogP contribution in [0.15, 0.2) is 24.3 Å². The van der Waals surface area contributed by atoms with E-state index in [2.05, 4.69) is 15.1 Å². The van der Waals surface area contributed by atoms with Gasteiger partial charge < -0.3 is 10.4 Å². The molecule has 0 spiro atoms. The van der Waals surface area contributed by atoms with E-state index in [1.807, 2.05) is 24.3 Å². The van der Waals surface area contributed by atoms with Crippen molar-refractivity contribution in [3.05, 3.63) is 34.9 Å². The average Bonchev–Trinajstić information content (AvgIpc) is 2.51. The summed E-state index contributed by atoms with van der Waals surface area (Å²) in [6.07, 6.45) is 0.517. The molecular formula is C17H26ClN3O2. The third-order valence-electron chi connectivity index (χ3n) is 4.00. The van der Waals surface area contributed by atoms with E-state index in [9.17, 15) is 9.90 Å². The fraction of sp³-hybridized carbons (Fsp3) is 0.588. The van der Waals surface area contributed by atoms with Crippen molar-refractivity contribution in [1.29, 1.82) is 0 Å². The molecule has 128 valence electrons. The smallest absolute Gasteiger partial charge is 0.234 e. The number of carbonyl (C=O) groups excluding carboxylic acids is 1. The molecule has 23 heavy (non-hydrogen) atoms. The summed E-state index contributed by atoms with van der Waals surface area (Å²) >= 11 is 5.85. The zero-order chi connectivity index (χ0) is 16.7. The molecule has 1 heterocycles. The minimum atomic E-state index is -0.294. The first-order chi connectivity index (χ1) is 11.0. The quantitative estimate of drug-likeness (QED) is 0.778. The molecule has 0 saturated carbocycles. The minimum Gasteiger partial charge on any atom is -0.392 e. The van der Waals surface area contributed by atoms with Gasteiger partial charge in [-0.05, 0) is 31.0 Å². The first kappa shape index (κ1) is 18.2. The molecule has 1 aliphatic rings. The number of rotatable bonds is 7. The highest BCUT2D eigenvalue weighted by molar-refractivity contribution is 6.30. The maximum Gasteiger partial charge on any atom is 0.234 e. The largest absolute Gasteiger partial charge is 0.392 e. The highest BCUT2D eigenvalue weighted by Gasteiger charge is 2.19. The number of amides is 1. The Labute approximate surface area is 143 Å². The van der Waals surface area contributed by atoms with Gasteiger partial charge in [0.1, 0.15) is 0 Å². The van der Waals surface area contributed by atoms with Gasteiger partial charge in [-0.2, -0.15) is 0 Å². The van der Waals surface area contributed by atoms with Crippen LogP contribution in [0.25, 0.3) is 0 Å². The van der Waals surface area contributed by atoms with Crippen molar-refractivity contribution in [1.82, 2.24) is 15.1 Å². The fourth-order valence-electron chi connectivity index (χ4n) is 2.76. The predicted molar refractivity (Wildman–Crippen MR) is 92.7 cm³/mol. The van der Waals surface area contributed by atoms with E-state index in [4.69, 9.17) is 11.6 Å². The van der Waals surface area contributed by atoms with Crippen molar-refractivity contribution in [2.75, 3.05) is 45.8 Å². The molecule has 1 saturated heterocycles. The standard InChI is InChI=1S/C17H26ClN3O2/c1-14(22)12-20-8-10-21(11-9-20)13-17(23)19-7-6-15-2-4-16(18)5-3-15/h2-5,14,22H,6-13H2,1H3,(H,19,23)/t14-/m0/s1. The van der Waals surface area contributed by atoms with Gasteiger partial charge in [0.15, 0.2) is 0 Å². The Morgan fingerprint density at radius 2 is 1.83 bits per heavy atom. The lowest BCUT2D eigenvalue weighted by Gasteiger charge is -2.34. The Kier molecular flexibility index (Phi) is 7.30. The molecule has 5 nitrogen and oxygen atoms in total. The van der Waals surface area contributed by atoms with Crippen molar-refractivity contribution in [2.45, 2.75) is 19.4 Å². The zero-order valence-corrected chi connectivity index (χ0v) is 14.4. The average molecular weight is 340 g/mol. The molecule has 1 atom stereocenters. The topological polar surface area (TPSA) is 55.8 Å². The molecule has 0 unspecified atom stereocenters. The molecule has 2 N–H and O–H groups in total. The summed E-state index contributed by atoms with van der Waals surface area (Å²) in [5, 5.41) is 13.1. The number of aliphatic hydroxyl groups is 1. The number of benzene rings is 1. The monoisotopic (exact) mass is 339 g/mol. The van der Waals surface area contributed by atoms with Gasteiger partial charge in [0.25, 0.3) is 0 Å². The van der Waals surface area contributed by atoms with Gasteiger partial charge in [-0.1, -0.05) is 23.7 Å². The molecular weight excluding hydrogens is 314 g/mol. The van der Waals surface area contributed by atoms with Crippen LogP contribution in [-0.4, -0.2) is 72.7 Å². The minimum absolute atomic E-state index is 0.0722. The number of hydrogen-bond acceptors (Lipinski definition) is 4. The number of hydrogen-bond donors (Lipinski definition) is 2. The molecule has 0 aliphatic carbocycles. The Morgan fingerprint density at radius 3 is 2.43 bits per heavy atom. The summed E-state index contributed by atoms with van der Waals surface area (Å²) in [6.45, 7) is 7.16. The number of aliphatic hydroxyl groups excluding tert-OH is 1. The second-order valence-corrected chi connectivity index (χ2v) is 6.59. The Bertz CT molecular complexity index is 485. The highest BCUT2D eigenvalue weighted by Crippen LogP contribution is 2.09. The third-order valence-corrected chi connectivity index (χ3v) is 4.26. The van der Waals surface area contributed by atoms with Gasteiger partial charge in [-0.25, -0.2) is 0 Å². The van der Waals surface area contributed by atoms with E-state index >= 15 is 0 Å². The Balaban J connectivity index is 1.61. The van der Waals surface area contributed by atoms with E-state index in [-0.39, 0.29) is 12.0 Å². The van der Waals surface area contributed by atoms with Crippen LogP contribution in [0.2, 0.25) is 5.02 Å². The van der Waals surface area contributed by atoms with Gasteiger partial charge in [-0.15, -0.1) is 0 Å². The van der Waals surface area contributed by atoms with E-state index in [1.54, 1.807) is 6.92 Å². The van der Waals surface area contributed by atoms with Gasteiger partial charge in [0, 0.05) is 44.3 Å². The Morgan fingerprint density at radius 1 is 1.22 bits per heavy atom. The van der Waals surface area contributed by atoms with Crippen LogP contribution in [0.1, 0.15) is 12.5 Å². The van der Waals surface area contributed by atoms with Crippen molar-refractivity contribution in [2.24, 2.45) is 0 Å². The molecule has 1 aromatic rings. The second-order valence-electron chi connectivity index (χ2n) is 6.15. The molecule has 6 heteroatoms. The van der Waals surface area contributed by atoms with Crippen molar-refractivity contribution < 1.29 is 9.90 Å². The zero-order valence-electron chi connectivity index (χ0n) is 13.7. The van der Waals surface area contributed by atoms with Gasteiger partial charge in [0.05, 0.1) is 12.6 Å². The molecule has 1 aromatic carbocycles. The number of nitrogens with zero attached hydrogens (tertiary/aromatic N) is 2. The van der Waals surface area contributed by atoms with Gasteiger partial charge in [0.2, 0.25) is 5.91 Å². The van der Waals surface area contributed by atoms with Crippen LogP contribution in [-0.2, 0) is 11.2 Å². The lowest BCUT2D eigenvalue weighted by Crippen LogP contribution is -2.50. The van der Waals surface area contributed by atoms with Crippen LogP contribution in [0.3, 0.4) is 0 Å². The van der Waals surface area contributed by atoms with E-state index < -0.39 is 0 Å². The summed E-state index contributed by atoms with van der Waals surface area (Å²) in [6, 6.07) is 7.70. The molecule has 0 radical (unpaired) electrons. The first-order valence-corrected chi connectivity index (χ1v) is 8.54. The second kappa shape index (κ2) is 9.23. The predicted octanol–water partition coefficient (Wildman–Crippen LogP) is 0.997. The molecule has 1 fully saturated rings. The van der Waals surface area contributed by atoms with Crippen molar-refractivity contribution in [3.8, 4) is 0 Å². The maximum atomic E-state index is 12.0. The maximum absolute atomic E-state index is 12.0. The summed E-state index contributed by atoms with van der Waals surface area (Å²) in [5.41, 5.74) is 1.17. The van der Waals surface area contributed by atoms with Crippen molar-refractivity contribution in [3.63, 3.8) is 0 Å². The number of carbonyl (C=O) groups is 1.